The number of hydrogen-bond acceptors (Lipinski definition) is 1. The molecule has 0 unspecified atom stereocenters. The maximum absolute atomic E-state index is 13.0. The summed E-state index contributed by atoms with van der Waals surface area (Å²) in [6, 6.07) is 3.22. The molecular weight excluding hydrogens is 227 g/mol. The van der Waals surface area contributed by atoms with Gasteiger partial charge >= 0.3 is 6.18 Å². The van der Waals surface area contributed by atoms with Crippen molar-refractivity contribution in [3.05, 3.63) is 34.4 Å². The van der Waals surface area contributed by atoms with Gasteiger partial charge < -0.3 is 5.32 Å². The molecule has 94 valence electrons. The van der Waals surface area contributed by atoms with Crippen LogP contribution in [0.4, 0.5) is 13.2 Å². The van der Waals surface area contributed by atoms with Crippen LogP contribution in [0, 0.1) is 0 Å². The van der Waals surface area contributed by atoms with Crippen molar-refractivity contribution in [2.45, 2.75) is 38.9 Å². The summed E-state index contributed by atoms with van der Waals surface area (Å²) in [5, 5.41) is 3.17. The Morgan fingerprint density at radius 2 is 2.06 bits per heavy atom. The van der Waals surface area contributed by atoms with Crippen LogP contribution in [0.25, 0.3) is 0 Å². The van der Waals surface area contributed by atoms with E-state index in [0.717, 1.165) is 24.1 Å². The standard InChI is InChI=1S/C13H16F3N/c1-2-9-6-10-8-17-5-3-4-11(10)12(7-9)13(14,15)16/h6-7,17H,2-5,8H2,1H3. The van der Waals surface area contributed by atoms with Gasteiger partial charge in [0.05, 0.1) is 5.56 Å². The summed E-state index contributed by atoms with van der Waals surface area (Å²) in [7, 11) is 0. The number of hydrogen-bond donors (Lipinski definition) is 1. The lowest BCUT2D eigenvalue weighted by Crippen LogP contribution is -2.14. The fraction of sp³-hybridized carbons (Fsp3) is 0.538. The molecule has 0 atom stereocenters. The van der Waals surface area contributed by atoms with Gasteiger partial charge in [-0.05, 0) is 48.6 Å². The van der Waals surface area contributed by atoms with Crippen molar-refractivity contribution >= 4 is 0 Å². The monoisotopic (exact) mass is 243 g/mol. The molecule has 1 aromatic rings. The molecule has 4 heteroatoms. The van der Waals surface area contributed by atoms with Crippen LogP contribution in [0.5, 0.6) is 0 Å². The van der Waals surface area contributed by atoms with Crippen molar-refractivity contribution in [2.75, 3.05) is 6.54 Å². The van der Waals surface area contributed by atoms with Crippen molar-refractivity contribution in [1.82, 2.24) is 5.32 Å². The number of rotatable bonds is 1. The van der Waals surface area contributed by atoms with Gasteiger partial charge in [0.2, 0.25) is 0 Å². The molecule has 0 aromatic heterocycles. The fourth-order valence-corrected chi connectivity index (χ4v) is 2.32. The van der Waals surface area contributed by atoms with Gasteiger partial charge in [-0.1, -0.05) is 13.0 Å². The number of fused-ring (bicyclic) bond motifs is 1. The summed E-state index contributed by atoms with van der Waals surface area (Å²) < 4.78 is 39.0. The minimum absolute atomic E-state index is 0.435. The zero-order valence-corrected chi connectivity index (χ0v) is 9.82. The number of halogens is 3. The lowest BCUT2D eigenvalue weighted by atomic mass is 9.94. The van der Waals surface area contributed by atoms with E-state index >= 15 is 0 Å². The number of alkyl halides is 3. The Bertz CT molecular complexity index is 410. The van der Waals surface area contributed by atoms with E-state index in [1.54, 1.807) is 0 Å². The van der Waals surface area contributed by atoms with Gasteiger partial charge in [0.15, 0.2) is 0 Å². The summed E-state index contributed by atoms with van der Waals surface area (Å²) >= 11 is 0. The first kappa shape index (κ1) is 12.4. The molecule has 1 nitrogen and oxygen atoms in total. The van der Waals surface area contributed by atoms with Crippen LogP contribution in [-0.4, -0.2) is 6.54 Å². The van der Waals surface area contributed by atoms with Crippen molar-refractivity contribution in [2.24, 2.45) is 0 Å². The molecule has 0 saturated carbocycles. The molecule has 0 amide bonds. The van der Waals surface area contributed by atoms with E-state index in [2.05, 4.69) is 5.32 Å². The first-order chi connectivity index (χ1) is 8.02. The molecule has 0 fully saturated rings. The van der Waals surface area contributed by atoms with Crippen LogP contribution in [-0.2, 0) is 25.6 Å². The van der Waals surface area contributed by atoms with Crippen molar-refractivity contribution in [3.63, 3.8) is 0 Å². The highest BCUT2D eigenvalue weighted by molar-refractivity contribution is 5.41. The van der Waals surface area contributed by atoms with Crippen LogP contribution < -0.4 is 5.32 Å². The highest BCUT2D eigenvalue weighted by Crippen LogP contribution is 2.35. The zero-order valence-electron chi connectivity index (χ0n) is 9.82. The molecule has 17 heavy (non-hydrogen) atoms. The summed E-state index contributed by atoms with van der Waals surface area (Å²) in [6.07, 6.45) is -2.32. The molecule has 1 N–H and O–H groups in total. The molecule has 0 bridgehead atoms. The fourth-order valence-electron chi connectivity index (χ4n) is 2.32. The van der Waals surface area contributed by atoms with Gasteiger partial charge in [0.1, 0.15) is 0 Å². The number of nitrogens with one attached hydrogen (secondary N) is 1. The third-order valence-electron chi connectivity index (χ3n) is 3.21. The molecule has 1 aliphatic heterocycles. The van der Waals surface area contributed by atoms with E-state index in [1.807, 2.05) is 13.0 Å². The van der Waals surface area contributed by atoms with Crippen LogP contribution in [0.3, 0.4) is 0 Å². The highest BCUT2D eigenvalue weighted by Gasteiger charge is 2.34. The number of benzene rings is 1. The Hall–Kier alpha value is -1.03. The molecule has 0 aliphatic carbocycles. The Morgan fingerprint density at radius 3 is 2.71 bits per heavy atom. The van der Waals surface area contributed by atoms with Gasteiger partial charge in [-0.25, -0.2) is 0 Å². The molecule has 0 radical (unpaired) electrons. The highest BCUT2D eigenvalue weighted by atomic mass is 19.4. The number of aryl methyl sites for hydroxylation is 1. The molecule has 2 rings (SSSR count). The van der Waals surface area contributed by atoms with Crippen LogP contribution in [0.15, 0.2) is 12.1 Å². The Kier molecular flexibility index (Phi) is 3.43. The third-order valence-corrected chi connectivity index (χ3v) is 3.21. The summed E-state index contributed by atoms with van der Waals surface area (Å²) in [6.45, 7) is 3.21. The van der Waals surface area contributed by atoms with E-state index in [0.29, 0.717) is 24.9 Å². The Morgan fingerprint density at radius 1 is 1.29 bits per heavy atom. The predicted molar refractivity (Wildman–Crippen MR) is 60.8 cm³/mol. The Labute approximate surface area is 99.0 Å². The molecule has 1 heterocycles. The quantitative estimate of drug-likeness (QED) is 0.798. The van der Waals surface area contributed by atoms with Crippen molar-refractivity contribution in [1.29, 1.82) is 0 Å². The van der Waals surface area contributed by atoms with Gasteiger partial charge in [-0.3, -0.25) is 0 Å². The summed E-state index contributed by atoms with van der Waals surface area (Å²) in [4.78, 5) is 0. The van der Waals surface area contributed by atoms with Crippen LogP contribution >= 0.6 is 0 Å². The van der Waals surface area contributed by atoms with Crippen LogP contribution in [0.2, 0.25) is 0 Å². The first-order valence-electron chi connectivity index (χ1n) is 5.95. The first-order valence-corrected chi connectivity index (χ1v) is 5.95. The van der Waals surface area contributed by atoms with Crippen molar-refractivity contribution < 1.29 is 13.2 Å². The molecular formula is C13H16F3N. The van der Waals surface area contributed by atoms with E-state index in [-0.39, 0.29) is 0 Å². The summed E-state index contributed by atoms with van der Waals surface area (Å²) in [5.41, 5.74) is 1.63. The molecule has 0 saturated heterocycles. The van der Waals surface area contributed by atoms with E-state index in [1.165, 1.54) is 6.07 Å². The molecule has 0 spiro atoms. The Balaban J connectivity index is 2.55. The predicted octanol–water partition coefficient (Wildman–Crippen LogP) is 3.30. The smallest absolute Gasteiger partial charge is 0.313 e. The average Bonchev–Trinajstić information content (AvgIpc) is 2.50. The van der Waals surface area contributed by atoms with Gasteiger partial charge in [-0.15, -0.1) is 0 Å². The minimum Gasteiger partial charge on any atom is -0.313 e. The SMILES string of the molecule is CCc1cc2c(c(C(F)(F)F)c1)CCCNC2. The van der Waals surface area contributed by atoms with Crippen LogP contribution in [0.1, 0.15) is 35.6 Å². The average molecular weight is 243 g/mol. The van der Waals surface area contributed by atoms with Gasteiger partial charge in [0, 0.05) is 6.54 Å². The van der Waals surface area contributed by atoms with E-state index in [9.17, 15) is 13.2 Å². The van der Waals surface area contributed by atoms with E-state index in [4.69, 9.17) is 0 Å². The maximum atomic E-state index is 13.0. The lowest BCUT2D eigenvalue weighted by Gasteiger charge is -2.17. The topological polar surface area (TPSA) is 12.0 Å². The summed E-state index contributed by atoms with van der Waals surface area (Å²) in [5.74, 6) is 0. The maximum Gasteiger partial charge on any atom is 0.416 e. The molecule has 1 aliphatic rings. The minimum atomic E-state index is -4.24. The lowest BCUT2D eigenvalue weighted by molar-refractivity contribution is -0.138. The van der Waals surface area contributed by atoms with Gasteiger partial charge in [0.25, 0.3) is 0 Å². The zero-order chi connectivity index (χ0) is 12.5. The largest absolute Gasteiger partial charge is 0.416 e. The second-order valence-electron chi connectivity index (χ2n) is 4.41. The van der Waals surface area contributed by atoms with E-state index < -0.39 is 11.7 Å². The van der Waals surface area contributed by atoms with Gasteiger partial charge in [-0.2, -0.15) is 13.2 Å². The molecule has 1 aromatic carbocycles. The normalized spacial score (nSPS) is 16.5. The van der Waals surface area contributed by atoms with Crippen molar-refractivity contribution in [3.8, 4) is 0 Å². The second-order valence-corrected chi connectivity index (χ2v) is 4.41. The third kappa shape index (κ3) is 2.63. The second kappa shape index (κ2) is 4.69.